The number of nitrogens with zero attached hydrogens (tertiary/aromatic N) is 2. The predicted molar refractivity (Wildman–Crippen MR) is 60.6 cm³/mol. The summed E-state index contributed by atoms with van der Waals surface area (Å²) in [6.45, 7) is 2.39. The third kappa shape index (κ3) is 2.50. The number of aryl methyl sites for hydroxylation is 1. The topological polar surface area (TPSA) is 44.1 Å². The van der Waals surface area contributed by atoms with Crippen molar-refractivity contribution in [2.45, 2.75) is 13.5 Å². The first kappa shape index (κ1) is 11.3. The lowest BCUT2D eigenvalue weighted by atomic mass is 10.3. The number of benzene rings is 1. The normalized spacial score (nSPS) is 10.2. The molecule has 1 heterocycles. The molecule has 0 saturated heterocycles. The van der Waals surface area contributed by atoms with E-state index in [9.17, 15) is 9.18 Å². The van der Waals surface area contributed by atoms with Crippen molar-refractivity contribution in [1.82, 2.24) is 9.55 Å². The average molecular weight is 234 g/mol. The van der Waals surface area contributed by atoms with Gasteiger partial charge in [-0.2, -0.15) is 0 Å². The van der Waals surface area contributed by atoms with E-state index in [1.807, 2.05) is 6.92 Å². The molecule has 4 nitrogen and oxygen atoms in total. The maximum Gasteiger partial charge on any atom is 0.313 e. The van der Waals surface area contributed by atoms with Gasteiger partial charge in [-0.3, -0.25) is 4.79 Å². The van der Waals surface area contributed by atoms with Crippen LogP contribution in [0.1, 0.15) is 6.92 Å². The Hall–Kier alpha value is -2.17. The second-order valence-electron chi connectivity index (χ2n) is 3.38. The molecular weight excluding hydrogens is 223 g/mol. The van der Waals surface area contributed by atoms with Gasteiger partial charge in [-0.15, -0.1) is 0 Å². The summed E-state index contributed by atoms with van der Waals surface area (Å²) in [6.07, 6.45) is 3.07. The molecule has 1 aromatic carbocycles. The Balaban J connectivity index is 2.30. The fraction of sp³-hybridized carbons (Fsp3) is 0.167. The van der Waals surface area contributed by atoms with Crippen LogP contribution in [0.4, 0.5) is 4.39 Å². The van der Waals surface area contributed by atoms with E-state index in [1.165, 1.54) is 35.0 Å². The Morgan fingerprint density at radius 3 is 2.71 bits per heavy atom. The van der Waals surface area contributed by atoms with Crippen molar-refractivity contribution >= 4 is 0 Å². The Labute approximate surface area is 97.3 Å². The molecule has 5 heteroatoms. The zero-order chi connectivity index (χ0) is 12.3. The van der Waals surface area contributed by atoms with Gasteiger partial charge in [-0.1, -0.05) is 0 Å². The van der Waals surface area contributed by atoms with Crippen LogP contribution in [-0.4, -0.2) is 9.55 Å². The molecule has 0 aliphatic rings. The van der Waals surface area contributed by atoms with Crippen LogP contribution in [0, 0.1) is 5.82 Å². The molecule has 0 bridgehead atoms. The molecule has 88 valence electrons. The lowest BCUT2D eigenvalue weighted by Gasteiger charge is -2.06. The molecule has 0 atom stereocenters. The van der Waals surface area contributed by atoms with Crippen molar-refractivity contribution in [2.75, 3.05) is 0 Å². The van der Waals surface area contributed by atoms with E-state index < -0.39 is 0 Å². The first-order valence-electron chi connectivity index (χ1n) is 5.19. The maximum atomic E-state index is 12.7. The summed E-state index contributed by atoms with van der Waals surface area (Å²) in [6, 6.07) is 5.41. The van der Waals surface area contributed by atoms with Gasteiger partial charge in [0.15, 0.2) is 0 Å². The predicted octanol–water partition coefficient (Wildman–Crippen LogP) is 2.19. The molecule has 0 N–H and O–H groups in total. The van der Waals surface area contributed by atoms with E-state index >= 15 is 0 Å². The van der Waals surface area contributed by atoms with Crippen LogP contribution < -0.4 is 10.3 Å². The van der Waals surface area contributed by atoms with Gasteiger partial charge in [0, 0.05) is 18.9 Å². The van der Waals surface area contributed by atoms with Crippen LogP contribution in [0.25, 0.3) is 0 Å². The van der Waals surface area contributed by atoms with E-state index in [0.29, 0.717) is 12.3 Å². The highest BCUT2D eigenvalue weighted by atomic mass is 19.1. The Kier molecular flexibility index (Phi) is 3.18. The quantitative estimate of drug-likeness (QED) is 0.817. The highest BCUT2D eigenvalue weighted by molar-refractivity contribution is 5.26. The standard InChI is InChI=1S/C12H11FN2O2/c1-2-15-8-7-14-11(12(15)16)17-10-5-3-9(13)4-6-10/h3-8H,2H2,1H3. The number of halogens is 1. The fourth-order valence-corrected chi connectivity index (χ4v) is 1.36. The summed E-state index contributed by atoms with van der Waals surface area (Å²) in [5.41, 5.74) is -0.306. The third-order valence-corrected chi connectivity index (χ3v) is 2.25. The van der Waals surface area contributed by atoms with Crippen LogP contribution in [0.5, 0.6) is 11.6 Å². The Bertz CT molecular complexity index is 563. The molecule has 0 radical (unpaired) electrons. The van der Waals surface area contributed by atoms with E-state index in [1.54, 1.807) is 6.20 Å². The molecule has 0 amide bonds. The van der Waals surface area contributed by atoms with Crippen molar-refractivity contribution < 1.29 is 9.13 Å². The largest absolute Gasteiger partial charge is 0.435 e. The molecule has 17 heavy (non-hydrogen) atoms. The first-order chi connectivity index (χ1) is 8.20. The SMILES string of the molecule is CCn1ccnc(Oc2ccc(F)cc2)c1=O. The minimum atomic E-state index is -0.357. The molecule has 2 aromatic rings. The number of ether oxygens (including phenoxy) is 1. The molecule has 0 aliphatic carbocycles. The number of aromatic nitrogens is 2. The van der Waals surface area contributed by atoms with Crippen molar-refractivity contribution in [2.24, 2.45) is 0 Å². The second kappa shape index (κ2) is 4.78. The smallest absolute Gasteiger partial charge is 0.313 e. The minimum absolute atomic E-state index is 0.0130. The second-order valence-corrected chi connectivity index (χ2v) is 3.38. The van der Waals surface area contributed by atoms with Crippen LogP contribution in [0.3, 0.4) is 0 Å². The monoisotopic (exact) mass is 234 g/mol. The van der Waals surface area contributed by atoms with Gasteiger partial charge in [0.2, 0.25) is 0 Å². The average Bonchev–Trinajstić information content (AvgIpc) is 2.35. The van der Waals surface area contributed by atoms with Crippen LogP contribution in [-0.2, 0) is 6.54 Å². The third-order valence-electron chi connectivity index (χ3n) is 2.25. The number of hydrogen-bond donors (Lipinski definition) is 0. The summed E-state index contributed by atoms with van der Waals surface area (Å²) in [7, 11) is 0. The summed E-state index contributed by atoms with van der Waals surface area (Å²) in [4.78, 5) is 15.6. The van der Waals surface area contributed by atoms with Crippen LogP contribution in [0.2, 0.25) is 0 Å². The maximum absolute atomic E-state index is 12.7. The molecule has 0 spiro atoms. The van der Waals surface area contributed by atoms with E-state index in [2.05, 4.69) is 4.98 Å². The van der Waals surface area contributed by atoms with Crippen molar-refractivity contribution in [3.63, 3.8) is 0 Å². The van der Waals surface area contributed by atoms with Gasteiger partial charge in [-0.25, -0.2) is 9.37 Å². The van der Waals surface area contributed by atoms with Crippen LogP contribution >= 0.6 is 0 Å². The van der Waals surface area contributed by atoms with Gasteiger partial charge < -0.3 is 9.30 Å². The zero-order valence-electron chi connectivity index (χ0n) is 9.26. The zero-order valence-corrected chi connectivity index (χ0v) is 9.26. The molecule has 1 aromatic heterocycles. The summed E-state index contributed by atoms with van der Waals surface area (Å²) in [5.74, 6) is 0.00940. The van der Waals surface area contributed by atoms with E-state index in [0.717, 1.165) is 0 Å². The molecule has 0 fully saturated rings. The van der Waals surface area contributed by atoms with Crippen molar-refractivity contribution in [3.8, 4) is 11.6 Å². The van der Waals surface area contributed by atoms with Crippen molar-refractivity contribution in [1.29, 1.82) is 0 Å². The molecule has 0 saturated carbocycles. The fourth-order valence-electron chi connectivity index (χ4n) is 1.36. The highest BCUT2D eigenvalue weighted by Crippen LogP contribution is 2.16. The lowest BCUT2D eigenvalue weighted by Crippen LogP contribution is -2.20. The first-order valence-corrected chi connectivity index (χ1v) is 5.19. The molecule has 0 aliphatic heterocycles. The van der Waals surface area contributed by atoms with Gasteiger partial charge >= 0.3 is 5.56 Å². The van der Waals surface area contributed by atoms with E-state index in [-0.39, 0.29) is 17.3 Å². The summed E-state index contributed by atoms with van der Waals surface area (Å²) in [5, 5.41) is 0. The molecule has 0 unspecified atom stereocenters. The van der Waals surface area contributed by atoms with Gasteiger partial charge in [0.05, 0.1) is 0 Å². The Morgan fingerprint density at radius 2 is 2.06 bits per heavy atom. The minimum Gasteiger partial charge on any atom is -0.435 e. The molecular formula is C12H11FN2O2. The Morgan fingerprint density at radius 1 is 1.35 bits per heavy atom. The lowest BCUT2D eigenvalue weighted by molar-refractivity contribution is 0.444. The van der Waals surface area contributed by atoms with Gasteiger partial charge in [0.1, 0.15) is 11.6 Å². The summed E-state index contributed by atoms with van der Waals surface area (Å²) < 4.78 is 19.5. The highest BCUT2D eigenvalue weighted by Gasteiger charge is 2.06. The number of rotatable bonds is 3. The number of hydrogen-bond acceptors (Lipinski definition) is 3. The van der Waals surface area contributed by atoms with Gasteiger partial charge in [0.25, 0.3) is 5.88 Å². The van der Waals surface area contributed by atoms with Crippen molar-refractivity contribution in [3.05, 3.63) is 52.8 Å². The summed E-state index contributed by atoms with van der Waals surface area (Å²) >= 11 is 0. The molecule has 2 rings (SSSR count). The van der Waals surface area contributed by atoms with Gasteiger partial charge in [-0.05, 0) is 31.2 Å². The van der Waals surface area contributed by atoms with E-state index in [4.69, 9.17) is 4.74 Å². The van der Waals surface area contributed by atoms with Crippen LogP contribution in [0.15, 0.2) is 41.5 Å².